The SMILES string of the molecule is COc1cc(-c2ccc3c(c2)Nc2ccc(CCOc4cccnc4)cc2NC3=O)ccc1[N+](=O)[O-]. The third-order valence-electron chi connectivity index (χ3n) is 5.87. The van der Waals surface area contributed by atoms with Gasteiger partial charge in [-0.05, 0) is 65.2 Å². The number of amides is 1. The number of fused-ring (bicyclic) bond motifs is 2. The van der Waals surface area contributed by atoms with Gasteiger partial charge >= 0.3 is 5.69 Å². The van der Waals surface area contributed by atoms with Gasteiger partial charge in [0.2, 0.25) is 0 Å². The maximum atomic E-state index is 13.0. The number of hydrogen-bond acceptors (Lipinski definition) is 7. The van der Waals surface area contributed by atoms with Gasteiger partial charge in [-0.1, -0.05) is 12.1 Å². The number of nitrogens with zero attached hydrogens (tertiary/aromatic N) is 2. The molecule has 9 heteroatoms. The number of nitrogens with one attached hydrogen (secondary N) is 2. The van der Waals surface area contributed by atoms with Crippen LogP contribution in [0.4, 0.5) is 22.7 Å². The van der Waals surface area contributed by atoms with E-state index >= 15 is 0 Å². The zero-order valence-electron chi connectivity index (χ0n) is 19.4. The number of methoxy groups -OCH3 is 1. The fraction of sp³-hybridized carbons (Fsp3) is 0.111. The molecule has 180 valence electrons. The smallest absolute Gasteiger partial charge is 0.310 e. The highest BCUT2D eigenvalue weighted by molar-refractivity contribution is 6.12. The second-order valence-electron chi connectivity index (χ2n) is 8.15. The highest BCUT2D eigenvalue weighted by atomic mass is 16.6. The lowest BCUT2D eigenvalue weighted by atomic mass is 10.0. The number of pyridine rings is 1. The summed E-state index contributed by atoms with van der Waals surface area (Å²) in [5, 5.41) is 17.5. The topological polar surface area (TPSA) is 116 Å². The van der Waals surface area contributed by atoms with Crippen LogP contribution in [0, 0.1) is 10.1 Å². The molecule has 1 aliphatic rings. The summed E-state index contributed by atoms with van der Waals surface area (Å²) in [4.78, 5) is 27.7. The van der Waals surface area contributed by atoms with Crippen LogP contribution < -0.4 is 20.1 Å². The zero-order valence-corrected chi connectivity index (χ0v) is 19.4. The maximum Gasteiger partial charge on any atom is 0.310 e. The monoisotopic (exact) mass is 482 g/mol. The number of hydrogen-bond donors (Lipinski definition) is 2. The van der Waals surface area contributed by atoms with Crippen molar-refractivity contribution in [2.75, 3.05) is 24.4 Å². The van der Waals surface area contributed by atoms with Crippen molar-refractivity contribution >= 4 is 28.7 Å². The average Bonchev–Trinajstić information content (AvgIpc) is 3.03. The fourth-order valence-electron chi connectivity index (χ4n) is 4.05. The van der Waals surface area contributed by atoms with E-state index in [0.717, 1.165) is 22.4 Å². The molecule has 5 rings (SSSR count). The molecular weight excluding hydrogens is 460 g/mol. The number of ether oxygens (including phenoxy) is 2. The second kappa shape index (κ2) is 9.75. The number of rotatable bonds is 7. The number of anilines is 3. The largest absolute Gasteiger partial charge is 0.492 e. The number of nitro groups is 1. The van der Waals surface area contributed by atoms with E-state index in [4.69, 9.17) is 9.47 Å². The van der Waals surface area contributed by atoms with Gasteiger partial charge in [0.05, 0.1) is 47.5 Å². The second-order valence-corrected chi connectivity index (χ2v) is 8.15. The van der Waals surface area contributed by atoms with Crippen molar-refractivity contribution in [3.05, 3.63) is 100 Å². The van der Waals surface area contributed by atoms with E-state index in [9.17, 15) is 14.9 Å². The first-order valence-corrected chi connectivity index (χ1v) is 11.2. The Bertz CT molecular complexity index is 1460. The molecule has 9 nitrogen and oxygen atoms in total. The molecule has 0 saturated heterocycles. The summed E-state index contributed by atoms with van der Waals surface area (Å²) in [6.07, 6.45) is 4.02. The first-order chi connectivity index (χ1) is 17.5. The molecule has 0 fully saturated rings. The van der Waals surface area contributed by atoms with Crippen molar-refractivity contribution in [1.82, 2.24) is 4.98 Å². The van der Waals surface area contributed by atoms with E-state index in [2.05, 4.69) is 15.6 Å². The van der Waals surface area contributed by atoms with E-state index in [1.165, 1.54) is 13.2 Å². The van der Waals surface area contributed by atoms with Crippen molar-refractivity contribution in [1.29, 1.82) is 0 Å². The first kappa shape index (κ1) is 22.9. The molecule has 0 radical (unpaired) electrons. The third-order valence-corrected chi connectivity index (χ3v) is 5.87. The van der Waals surface area contributed by atoms with Crippen LogP contribution in [-0.2, 0) is 6.42 Å². The lowest BCUT2D eigenvalue weighted by molar-refractivity contribution is -0.385. The summed E-state index contributed by atoms with van der Waals surface area (Å²) < 4.78 is 10.9. The van der Waals surface area contributed by atoms with Gasteiger partial charge in [-0.2, -0.15) is 0 Å². The van der Waals surface area contributed by atoms with E-state index in [1.807, 2.05) is 36.4 Å². The number of carbonyl (C=O) groups is 1. The Morgan fingerprint density at radius 1 is 0.944 bits per heavy atom. The summed E-state index contributed by atoms with van der Waals surface area (Å²) in [5.74, 6) is 0.649. The van der Waals surface area contributed by atoms with Gasteiger partial charge in [-0.3, -0.25) is 19.9 Å². The average molecular weight is 482 g/mol. The van der Waals surface area contributed by atoms with Crippen LogP contribution in [0.3, 0.4) is 0 Å². The molecule has 3 aromatic carbocycles. The Hall–Kier alpha value is -4.92. The van der Waals surface area contributed by atoms with Crippen LogP contribution in [-0.4, -0.2) is 29.5 Å². The fourth-order valence-corrected chi connectivity index (χ4v) is 4.05. The van der Waals surface area contributed by atoms with Gasteiger partial charge in [0.1, 0.15) is 5.75 Å². The summed E-state index contributed by atoms with van der Waals surface area (Å²) >= 11 is 0. The molecule has 36 heavy (non-hydrogen) atoms. The molecule has 1 aromatic heterocycles. The van der Waals surface area contributed by atoms with Crippen molar-refractivity contribution in [2.24, 2.45) is 0 Å². The summed E-state index contributed by atoms with van der Waals surface area (Å²) in [7, 11) is 1.39. The van der Waals surface area contributed by atoms with Crippen molar-refractivity contribution in [3.63, 3.8) is 0 Å². The minimum atomic E-state index is -0.484. The van der Waals surface area contributed by atoms with Crippen molar-refractivity contribution in [2.45, 2.75) is 6.42 Å². The highest BCUT2D eigenvalue weighted by Gasteiger charge is 2.21. The molecule has 0 saturated carbocycles. The molecule has 0 atom stereocenters. The van der Waals surface area contributed by atoms with Crippen LogP contribution in [0.15, 0.2) is 79.1 Å². The van der Waals surface area contributed by atoms with Crippen LogP contribution in [0.1, 0.15) is 15.9 Å². The minimum absolute atomic E-state index is 0.107. The summed E-state index contributed by atoms with van der Waals surface area (Å²) in [6, 6.07) is 19.6. The first-order valence-electron chi connectivity index (χ1n) is 11.2. The Labute approximate surface area is 206 Å². The standard InChI is InChI=1S/C27H22N4O5/c1-35-26-15-19(6-9-25(26)31(33)34)18-5-7-21-23(14-18)29-22-8-4-17(13-24(22)30-27(21)32)10-12-36-20-3-2-11-28-16-20/h2-9,11,13-16,29H,10,12H2,1H3,(H,30,32). The highest BCUT2D eigenvalue weighted by Crippen LogP contribution is 2.37. The molecule has 4 aromatic rings. The summed E-state index contributed by atoms with van der Waals surface area (Å²) in [5.41, 5.74) is 4.99. The van der Waals surface area contributed by atoms with Gasteiger partial charge in [0.25, 0.3) is 5.91 Å². The van der Waals surface area contributed by atoms with Crippen LogP contribution in [0.2, 0.25) is 0 Å². The van der Waals surface area contributed by atoms with E-state index in [0.29, 0.717) is 35.7 Å². The molecule has 0 spiro atoms. The van der Waals surface area contributed by atoms with Gasteiger partial charge in [0, 0.05) is 18.7 Å². The molecule has 0 bridgehead atoms. The molecule has 1 aliphatic heterocycles. The van der Waals surface area contributed by atoms with E-state index < -0.39 is 4.92 Å². The van der Waals surface area contributed by atoms with Crippen LogP contribution in [0.25, 0.3) is 11.1 Å². The van der Waals surface area contributed by atoms with Gasteiger partial charge in [-0.15, -0.1) is 0 Å². The molecule has 2 heterocycles. The number of nitro benzene ring substituents is 1. The zero-order chi connectivity index (χ0) is 25.1. The van der Waals surface area contributed by atoms with Crippen molar-refractivity contribution < 1.29 is 19.2 Å². The van der Waals surface area contributed by atoms with Gasteiger partial charge in [-0.25, -0.2) is 0 Å². The molecule has 0 aliphatic carbocycles. The molecule has 0 unspecified atom stereocenters. The quantitative estimate of drug-likeness (QED) is 0.260. The lowest BCUT2D eigenvalue weighted by Gasteiger charge is -2.12. The van der Waals surface area contributed by atoms with Crippen molar-refractivity contribution in [3.8, 4) is 22.6 Å². The number of benzene rings is 3. The summed E-state index contributed by atoms with van der Waals surface area (Å²) in [6.45, 7) is 0.480. The number of aromatic nitrogens is 1. The van der Waals surface area contributed by atoms with E-state index in [1.54, 1.807) is 36.7 Å². The molecule has 2 N–H and O–H groups in total. The lowest BCUT2D eigenvalue weighted by Crippen LogP contribution is -2.11. The van der Waals surface area contributed by atoms with E-state index in [-0.39, 0.29) is 17.3 Å². The Balaban J connectivity index is 1.38. The Morgan fingerprint density at radius 3 is 2.56 bits per heavy atom. The Morgan fingerprint density at radius 2 is 1.78 bits per heavy atom. The predicted octanol–water partition coefficient (Wildman–Crippen LogP) is 5.60. The maximum absolute atomic E-state index is 13.0. The van der Waals surface area contributed by atoms with Gasteiger partial charge < -0.3 is 20.1 Å². The predicted molar refractivity (Wildman–Crippen MR) is 136 cm³/mol. The Kier molecular flexibility index (Phi) is 6.19. The van der Waals surface area contributed by atoms with Crippen LogP contribution in [0.5, 0.6) is 11.5 Å². The normalized spacial score (nSPS) is 11.9. The third kappa shape index (κ3) is 4.67. The molecular formula is C27H22N4O5. The number of carbonyl (C=O) groups excluding carboxylic acids is 1. The minimum Gasteiger partial charge on any atom is -0.492 e. The molecule has 1 amide bonds. The van der Waals surface area contributed by atoms with Gasteiger partial charge in [0.15, 0.2) is 5.75 Å². The van der Waals surface area contributed by atoms with Crippen LogP contribution >= 0.6 is 0 Å².